The summed E-state index contributed by atoms with van der Waals surface area (Å²) < 4.78 is 0. The molecule has 0 aliphatic rings. The molecule has 0 saturated heterocycles. The van der Waals surface area contributed by atoms with Crippen LogP contribution in [0, 0.1) is 47.8 Å². The van der Waals surface area contributed by atoms with E-state index in [0.29, 0.717) is 0 Å². The molecule has 67 valence electrons. The Morgan fingerprint density at radius 3 is 0.556 bits per heavy atom. The van der Waals surface area contributed by atoms with Gasteiger partial charge in [-0.1, -0.05) is 51.0 Å². The predicted octanol–water partition coefficient (Wildman–Crippen LogP) is 4.66. The van der Waals surface area contributed by atoms with Crippen molar-refractivity contribution in [1.29, 1.82) is 0 Å². The Labute approximate surface area is 97.9 Å². The summed E-state index contributed by atoms with van der Waals surface area (Å²) in [6.07, 6.45) is 0. The van der Waals surface area contributed by atoms with Crippen LogP contribution in [-0.2, 0) is 0 Å². The Morgan fingerprint density at radius 1 is 0.556 bits per heavy atom. The van der Waals surface area contributed by atoms with E-state index in [1.165, 1.54) is 0 Å². The molecule has 0 aliphatic carbocycles. The molecular formula is C8H29Pm-. The quantitative estimate of drug-likeness (QED) is 0.562. The van der Waals surface area contributed by atoms with Crippen molar-refractivity contribution >= 4 is 0 Å². The van der Waals surface area contributed by atoms with Crippen LogP contribution in [0.2, 0.25) is 0 Å². The molecule has 1 heteroatoms. The first-order chi connectivity index (χ1) is 1.00. The second kappa shape index (κ2) is 363. The summed E-state index contributed by atoms with van der Waals surface area (Å²) in [6, 6.07) is 0. The van der Waals surface area contributed by atoms with Crippen molar-refractivity contribution in [3.8, 4) is 0 Å². The topological polar surface area (TPSA) is 0 Å². The molecule has 0 atom stereocenters. The van der Waals surface area contributed by atoms with Crippen LogP contribution in [0.25, 0.3) is 0 Å². The van der Waals surface area contributed by atoms with Crippen LogP contribution in [0.4, 0.5) is 0 Å². The van der Waals surface area contributed by atoms with E-state index in [0.717, 1.165) is 0 Å². The summed E-state index contributed by atoms with van der Waals surface area (Å²) >= 11 is 0. The summed E-state index contributed by atoms with van der Waals surface area (Å²) in [4.78, 5) is 0. The van der Waals surface area contributed by atoms with Crippen LogP contribution in [0.3, 0.4) is 0 Å². The maximum Gasteiger partial charge on any atom is 0 e. The van der Waals surface area contributed by atoms with Gasteiger partial charge in [0.15, 0.2) is 0 Å². The molecule has 0 bridgehead atoms. The fraction of sp³-hybridized carbons (Fsp3) is 0.875. The van der Waals surface area contributed by atoms with Crippen molar-refractivity contribution in [3.05, 3.63) is 7.43 Å². The van der Waals surface area contributed by atoms with Crippen molar-refractivity contribution in [3.63, 3.8) is 0 Å². The molecule has 0 aromatic rings. The summed E-state index contributed by atoms with van der Waals surface area (Å²) in [5, 5.41) is 0. The van der Waals surface area contributed by atoms with E-state index in [1.54, 1.807) is 0 Å². The SMILES string of the molecule is C.C.C.C.C.CC.[CH3-].[Pm]. The van der Waals surface area contributed by atoms with Gasteiger partial charge in [0.25, 0.3) is 0 Å². The van der Waals surface area contributed by atoms with Gasteiger partial charge in [0.2, 0.25) is 0 Å². The van der Waals surface area contributed by atoms with Gasteiger partial charge in [0.1, 0.15) is 0 Å². The normalized spacial score (nSPS) is 0.667. The Bertz CT molecular complexity index is 4.53. The molecule has 0 spiro atoms. The van der Waals surface area contributed by atoms with Crippen molar-refractivity contribution in [2.24, 2.45) is 0 Å². The van der Waals surface area contributed by atoms with Crippen LogP contribution < -0.4 is 0 Å². The third kappa shape index (κ3) is 281. The molecule has 0 unspecified atom stereocenters. The second-order valence-electron chi connectivity index (χ2n) is 0. The van der Waals surface area contributed by atoms with Crippen LogP contribution in [-0.4, -0.2) is 0 Å². The first-order valence-corrected chi connectivity index (χ1v) is 1.00. The Balaban J connectivity index is -0.000000000238. The molecule has 0 fully saturated rings. The Hall–Kier alpha value is 1.34. The first kappa shape index (κ1) is 165. The monoisotopic (exact) mass is 270 g/mol. The Morgan fingerprint density at radius 2 is 0.556 bits per heavy atom. The molecule has 0 aromatic carbocycles. The number of hydrogen-bond donors (Lipinski definition) is 0. The smallest absolute Gasteiger partial charge is 0 e. The van der Waals surface area contributed by atoms with E-state index < -0.39 is 0 Å². The molecule has 0 rings (SSSR count). The predicted molar refractivity (Wildman–Crippen MR) is 51.4 cm³/mol. The molecule has 0 heterocycles. The summed E-state index contributed by atoms with van der Waals surface area (Å²) in [7, 11) is 0. The van der Waals surface area contributed by atoms with Gasteiger partial charge < -0.3 is 7.43 Å². The van der Waals surface area contributed by atoms with E-state index >= 15 is 0 Å². The summed E-state index contributed by atoms with van der Waals surface area (Å²) in [6.45, 7) is 4.00. The van der Waals surface area contributed by atoms with Gasteiger partial charge in [-0.15, -0.1) is 0 Å². The van der Waals surface area contributed by atoms with E-state index in [4.69, 9.17) is 0 Å². The molecule has 0 saturated carbocycles. The molecule has 0 aliphatic heterocycles. The average molecular weight is 270 g/mol. The first-order valence-electron chi connectivity index (χ1n) is 1.00. The number of rotatable bonds is 0. The maximum atomic E-state index is 2.00. The minimum absolute atomic E-state index is 0. The maximum absolute atomic E-state index is 2.00. The summed E-state index contributed by atoms with van der Waals surface area (Å²) in [5.74, 6) is 0. The van der Waals surface area contributed by atoms with E-state index in [-0.39, 0.29) is 84.9 Å². The second-order valence-corrected chi connectivity index (χ2v) is 0. The fourth-order valence-electron chi connectivity index (χ4n) is 0. The van der Waals surface area contributed by atoms with E-state index in [2.05, 4.69) is 0 Å². The van der Waals surface area contributed by atoms with Gasteiger partial charge in [-0.2, -0.15) is 0 Å². The van der Waals surface area contributed by atoms with Gasteiger partial charge in [-0.25, -0.2) is 0 Å². The van der Waals surface area contributed by atoms with Crippen LogP contribution in [0.5, 0.6) is 0 Å². The summed E-state index contributed by atoms with van der Waals surface area (Å²) in [5.41, 5.74) is 0. The minimum atomic E-state index is 0. The molecule has 0 aromatic heterocycles. The molecule has 0 amide bonds. The number of hydrogen-bond acceptors (Lipinski definition) is 0. The van der Waals surface area contributed by atoms with Gasteiger partial charge in [0, 0.05) is 40.4 Å². The van der Waals surface area contributed by atoms with Gasteiger partial charge in [-0.3, -0.25) is 0 Å². The molecule has 9 heavy (non-hydrogen) atoms. The van der Waals surface area contributed by atoms with Gasteiger partial charge in [0.05, 0.1) is 0 Å². The average Bonchev–Trinajstić information content (AvgIpc) is 1.00. The van der Waals surface area contributed by atoms with Crippen molar-refractivity contribution in [1.82, 2.24) is 0 Å². The minimum Gasteiger partial charge on any atom is -0.358 e. The van der Waals surface area contributed by atoms with Crippen molar-refractivity contribution in [2.45, 2.75) is 51.0 Å². The van der Waals surface area contributed by atoms with Crippen LogP contribution in [0.15, 0.2) is 0 Å². The van der Waals surface area contributed by atoms with Gasteiger partial charge in [-0.05, 0) is 0 Å². The zero-order valence-electron chi connectivity index (χ0n) is 3.45. The van der Waals surface area contributed by atoms with Crippen LogP contribution >= 0.6 is 0 Å². The molecule has 1 radical (unpaired) electrons. The van der Waals surface area contributed by atoms with Crippen molar-refractivity contribution < 1.29 is 40.4 Å². The molecular weight excluding hydrogens is 241 g/mol. The van der Waals surface area contributed by atoms with Crippen molar-refractivity contribution in [2.75, 3.05) is 0 Å². The zero-order valence-corrected chi connectivity index (χ0v) is 6.32. The standard InChI is InChI=1S/C2H6.5CH4.CH3.Pm/c1-2;;;;;;;/h1-2H3;5*1H4;1H3;/q;;;;;;-1;. The zero-order chi connectivity index (χ0) is 2.00. The third-order valence-electron chi connectivity index (χ3n) is 0. The largest absolute Gasteiger partial charge is 0.358 e. The Kier molecular flexibility index (Phi) is 6650. The van der Waals surface area contributed by atoms with Gasteiger partial charge >= 0.3 is 0 Å². The molecule has 0 N–H and O–H groups in total. The molecule has 0 nitrogen and oxygen atoms in total. The van der Waals surface area contributed by atoms with Crippen LogP contribution in [0.1, 0.15) is 51.0 Å². The van der Waals surface area contributed by atoms with E-state index in [1.807, 2.05) is 13.8 Å². The third-order valence-corrected chi connectivity index (χ3v) is 0. The fourth-order valence-corrected chi connectivity index (χ4v) is 0. The van der Waals surface area contributed by atoms with E-state index in [9.17, 15) is 0 Å².